The molecule has 0 aliphatic rings. The molecule has 0 bridgehead atoms. The molecule has 0 saturated heterocycles. The molecule has 1 heterocycles. The van der Waals surface area contributed by atoms with Crippen LogP contribution in [0, 0.1) is 11.3 Å². The smallest absolute Gasteiger partial charge is 0.323 e. The monoisotopic (exact) mass is 315 g/mol. The van der Waals surface area contributed by atoms with Crippen molar-refractivity contribution in [2.24, 2.45) is 0 Å². The number of hydrogen-bond acceptors (Lipinski definition) is 5. The summed E-state index contributed by atoms with van der Waals surface area (Å²) in [5.41, 5.74) is 1.72. The Hall–Kier alpha value is -2.33. The van der Waals surface area contributed by atoms with Crippen LogP contribution in [-0.4, -0.2) is 38.8 Å². The van der Waals surface area contributed by atoms with E-state index in [9.17, 15) is 4.79 Å². The average Bonchev–Trinajstić information content (AvgIpc) is 3.03. The molecule has 0 saturated carbocycles. The lowest BCUT2D eigenvalue weighted by Crippen LogP contribution is -2.34. The summed E-state index contributed by atoms with van der Waals surface area (Å²) in [5, 5.41) is 13.5. The molecule has 1 amide bonds. The van der Waals surface area contributed by atoms with Crippen molar-refractivity contribution < 1.29 is 4.79 Å². The van der Waals surface area contributed by atoms with Crippen molar-refractivity contribution in [2.75, 3.05) is 13.1 Å². The van der Waals surface area contributed by atoms with E-state index < -0.39 is 0 Å². The van der Waals surface area contributed by atoms with Crippen LogP contribution < -0.4 is 0 Å². The molecule has 2 aromatic rings. The average molecular weight is 315 g/mol. The molecule has 0 N–H and O–H groups in total. The van der Waals surface area contributed by atoms with Gasteiger partial charge in [0.2, 0.25) is 5.16 Å². The Bertz CT molecular complexity index is 670. The third-order valence-corrected chi connectivity index (χ3v) is 4.07. The van der Waals surface area contributed by atoms with Gasteiger partial charge in [0.15, 0.2) is 0 Å². The van der Waals surface area contributed by atoms with Crippen LogP contribution in [-0.2, 0) is 5.75 Å². The first-order valence-corrected chi connectivity index (χ1v) is 7.99. The van der Waals surface area contributed by atoms with E-state index in [0.717, 1.165) is 5.56 Å². The number of carbonyl (C=O) groups is 1. The molecular weight excluding hydrogens is 298 g/mol. The van der Waals surface area contributed by atoms with Gasteiger partial charge in [-0.25, -0.2) is 9.78 Å². The predicted molar refractivity (Wildman–Crippen MR) is 84.5 cm³/mol. The van der Waals surface area contributed by atoms with Crippen molar-refractivity contribution in [1.82, 2.24) is 19.7 Å². The molecule has 0 aliphatic carbocycles. The van der Waals surface area contributed by atoms with Crippen molar-refractivity contribution in [1.29, 1.82) is 5.26 Å². The number of amides is 1. The lowest BCUT2D eigenvalue weighted by Gasteiger charge is -2.17. The van der Waals surface area contributed by atoms with Crippen LogP contribution in [0.15, 0.2) is 35.7 Å². The fourth-order valence-corrected chi connectivity index (χ4v) is 2.62. The van der Waals surface area contributed by atoms with Crippen molar-refractivity contribution in [3.8, 4) is 6.07 Å². The minimum absolute atomic E-state index is 0.164. The van der Waals surface area contributed by atoms with Crippen molar-refractivity contribution in [2.45, 2.75) is 24.8 Å². The number of aromatic nitrogens is 3. The highest BCUT2D eigenvalue weighted by molar-refractivity contribution is 7.98. The third kappa shape index (κ3) is 3.86. The summed E-state index contributed by atoms with van der Waals surface area (Å²) in [4.78, 5) is 17.9. The van der Waals surface area contributed by atoms with Gasteiger partial charge in [-0.2, -0.15) is 9.94 Å². The Kier molecular flexibility index (Phi) is 5.55. The molecule has 22 heavy (non-hydrogen) atoms. The van der Waals surface area contributed by atoms with Crippen LogP contribution in [0.4, 0.5) is 4.79 Å². The summed E-state index contributed by atoms with van der Waals surface area (Å²) in [7, 11) is 0. The zero-order chi connectivity index (χ0) is 15.9. The quantitative estimate of drug-likeness (QED) is 0.793. The predicted octanol–water partition coefficient (Wildman–Crippen LogP) is 2.75. The standard InChI is InChI=1S/C15H17N5OS/c1-3-19(4-2)15(21)20-11-17-14(18-20)22-10-13-7-5-12(9-16)6-8-13/h5-8,11H,3-4,10H2,1-2H3. The summed E-state index contributed by atoms with van der Waals surface area (Å²) in [6.45, 7) is 5.14. The van der Waals surface area contributed by atoms with Crippen molar-refractivity contribution >= 4 is 17.8 Å². The maximum atomic E-state index is 12.1. The second kappa shape index (κ2) is 7.61. The summed E-state index contributed by atoms with van der Waals surface area (Å²) in [6.07, 6.45) is 1.45. The van der Waals surface area contributed by atoms with Gasteiger partial charge in [-0.1, -0.05) is 23.9 Å². The Morgan fingerprint density at radius 3 is 2.59 bits per heavy atom. The van der Waals surface area contributed by atoms with Gasteiger partial charge in [-0.05, 0) is 31.5 Å². The van der Waals surface area contributed by atoms with E-state index in [-0.39, 0.29) is 6.03 Å². The van der Waals surface area contributed by atoms with Crippen LogP contribution >= 0.6 is 11.8 Å². The van der Waals surface area contributed by atoms with E-state index in [2.05, 4.69) is 16.2 Å². The molecular formula is C15H17N5OS. The molecule has 0 unspecified atom stereocenters. The zero-order valence-corrected chi connectivity index (χ0v) is 13.4. The first-order chi connectivity index (χ1) is 10.7. The largest absolute Gasteiger partial charge is 0.346 e. The fourth-order valence-electron chi connectivity index (χ4n) is 1.87. The lowest BCUT2D eigenvalue weighted by atomic mass is 10.2. The second-order valence-corrected chi connectivity index (χ2v) is 5.47. The molecule has 1 aromatic heterocycles. The highest BCUT2D eigenvalue weighted by Crippen LogP contribution is 2.19. The summed E-state index contributed by atoms with van der Waals surface area (Å²) >= 11 is 1.46. The van der Waals surface area contributed by atoms with Crippen LogP contribution in [0.2, 0.25) is 0 Å². The topological polar surface area (TPSA) is 74.8 Å². The number of nitriles is 1. The molecule has 1 aromatic carbocycles. The zero-order valence-electron chi connectivity index (χ0n) is 12.6. The van der Waals surface area contributed by atoms with Crippen LogP contribution in [0.5, 0.6) is 0 Å². The third-order valence-electron chi connectivity index (χ3n) is 3.15. The van der Waals surface area contributed by atoms with Crippen molar-refractivity contribution in [3.05, 3.63) is 41.7 Å². The Balaban J connectivity index is 1.97. The van der Waals surface area contributed by atoms with Gasteiger partial charge in [0, 0.05) is 18.8 Å². The van der Waals surface area contributed by atoms with E-state index >= 15 is 0 Å². The van der Waals surface area contributed by atoms with Gasteiger partial charge in [0.25, 0.3) is 0 Å². The number of rotatable bonds is 5. The van der Waals surface area contributed by atoms with Crippen LogP contribution in [0.1, 0.15) is 25.0 Å². The van der Waals surface area contributed by atoms with Gasteiger partial charge >= 0.3 is 6.03 Å². The second-order valence-electron chi connectivity index (χ2n) is 4.52. The minimum Gasteiger partial charge on any atom is -0.323 e. The van der Waals surface area contributed by atoms with E-state index in [1.54, 1.807) is 17.0 Å². The Labute approximate surface area is 133 Å². The SMILES string of the molecule is CCN(CC)C(=O)n1cnc(SCc2ccc(C#N)cc2)n1. The molecule has 0 spiro atoms. The Morgan fingerprint density at radius 1 is 1.32 bits per heavy atom. The molecule has 0 aliphatic heterocycles. The fraction of sp³-hybridized carbons (Fsp3) is 0.333. The van der Waals surface area contributed by atoms with Crippen LogP contribution in [0.3, 0.4) is 0 Å². The summed E-state index contributed by atoms with van der Waals surface area (Å²) < 4.78 is 1.27. The van der Waals surface area contributed by atoms with Gasteiger partial charge in [0.1, 0.15) is 6.33 Å². The number of thioether (sulfide) groups is 1. The molecule has 6 nitrogen and oxygen atoms in total. The highest BCUT2D eigenvalue weighted by atomic mass is 32.2. The Morgan fingerprint density at radius 2 is 2.00 bits per heavy atom. The molecule has 7 heteroatoms. The normalized spacial score (nSPS) is 10.2. The molecule has 2 rings (SSSR count). The van der Waals surface area contributed by atoms with Gasteiger partial charge in [-0.15, -0.1) is 5.10 Å². The minimum atomic E-state index is -0.164. The molecule has 0 radical (unpaired) electrons. The van der Waals surface area contributed by atoms with E-state index in [4.69, 9.17) is 5.26 Å². The maximum absolute atomic E-state index is 12.1. The van der Waals surface area contributed by atoms with Gasteiger partial charge in [-0.3, -0.25) is 0 Å². The van der Waals surface area contributed by atoms with Crippen LogP contribution in [0.25, 0.3) is 0 Å². The maximum Gasteiger partial charge on any atom is 0.346 e. The van der Waals surface area contributed by atoms with E-state index in [1.165, 1.54) is 22.8 Å². The lowest BCUT2D eigenvalue weighted by molar-refractivity contribution is 0.201. The number of nitrogens with zero attached hydrogens (tertiary/aromatic N) is 5. The molecule has 0 atom stereocenters. The van der Waals surface area contributed by atoms with Gasteiger partial charge < -0.3 is 4.90 Å². The summed E-state index contributed by atoms with van der Waals surface area (Å²) in [6, 6.07) is 9.30. The number of hydrogen-bond donors (Lipinski definition) is 0. The van der Waals surface area contributed by atoms with Crippen molar-refractivity contribution in [3.63, 3.8) is 0 Å². The first-order valence-electron chi connectivity index (χ1n) is 7.00. The van der Waals surface area contributed by atoms with E-state index in [0.29, 0.717) is 29.6 Å². The summed E-state index contributed by atoms with van der Waals surface area (Å²) in [5.74, 6) is 0.690. The highest BCUT2D eigenvalue weighted by Gasteiger charge is 2.14. The number of benzene rings is 1. The van der Waals surface area contributed by atoms with E-state index in [1.807, 2.05) is 26.0 Å². The first kappa shape index (κ1) is 16.0. The van der Waals surface area contributed by atoms with Gasteiger partial charge in [0.05, 0.1) is 11.6 Å². The molecule has 114 valence electrons. The number of carbonyl (C=O) groups excluding carboxylic acids is 1. The molecule has 0 fully saturated rings.